The normalized spacial score (nSPS) is 11.4. The van der Waals surface area contributed by atoms with Gasteiger partial charge in [-0.1, -0.05) is 68.3 Å². The molecule has 1 nitrogen and oxygen atoms in total. The van der Waals surface area contributed by atoms with E-state index in [1.54, 1.807) is 13.2 Å². The van der Waals surface area contributed by atoms with E-state index < -0.39 is 0 Å². The van der Waals surface area contributed by atoms with Crippen LogP contribution in [0.2, 0.25) is 0 Å². The molecule has 0 N–H and O–H groups in total. The lowest BCUT2D eigenvalue weighted by Gasteiger charge is -2.31. The molecule has 0 fully saturated rings. The first-order valence-electron chi connectivity index (χ1n) is 6.65. The maximum absolute atomic E-state index is 14.3. The topological polar surface area (TPSA) is 9.23 Å². The van der Waals surface area contributed by atoms with E-state index in [0.717, 1.165) is 11.3 Å². The predicted octanol–water partition coefficient (Wildman–Crippen LogP) is 5.10. The average molecular weight is 416 g/mol. The van der Waals surface area contributed by atoms with Crippen molar-refractivity contribution in [3.8, 4) is 5.75 Å². The molecule has 2 rings (SSSR count). The van der Waals surface area contributed by atoms with Gasteiger partial charge < -0.3 is 4.74 Å². The first-order chi connectivity index (χ1) is 10.2. The highest BCUT2D eigenvalue weighted by Crippen LogP contribution is 2.36. The van der Waals surface area contributed by atoms with Crippen molar-refractivity contribution in [1.82, 2.24) is 0 Å². The van der Waals surface area contributed by atoms with E-state index in [1.165, 1.54) is 6.07 Å². The van der Waals surface area contributed by atoms with Gasteiger partial charge in [0.15, 0.2) is 0 Å². The van der Waals surface area contributed by atoms with E-state index in [1.807, 2.05) is 36.4 Å². The molecule has 2 aromatic carbocycles. The largest absolute Gasteiger partial charge is 0.496 e. The first kappa shape index (κ1) is 16.5. The zero-order chi connectivity index (χ0) is 15.3. The molecular formula is C17H17Br2FO. The highest BCUT2D eigenvalue weighted by molar-refractivity contribution is 9.09. The predicted molar refractivity (Wildman–Crippen MR) is 92.4 cm³/mol. The number of ether oxygens (including phenoxy) is 1. The van der Waals surface area contributed by atoms with Gasteiger partial charge in [-0.15, -0.1) is 0 Å². The van der Waals surface area contributed by atoms with Gasteiger partial charge in [-0.25, -0.2) is 4.39 Å². The number of rotatable bonds is 6. The number of alkyl halides is 2. The smallest absolute Gasteiger partial charge is 0.127 e. The Balaban J connectivity index is 2.46. The first-order valence-corrected chi connectivity index (χ1v) is 8.90. The van der Waals surface area contributed by atoms with Gasteiger partial charge in [0.2, 0.25) is 0 Å². The van der Waals surface area contributed by atoms with Crippen molar-refractivity contribution in [3.63, 3.8) is 0 Å². The minimum absolute atomic E-state index is 0.175. The van der Waals surface area contributed by atoms with Crippen LogP contribution in [0.4, 0.5) is 4.39 Å². The van der Waals surface area contributed by atoms with Gasteiger partial charge in [0, 0.05) is 16.1 Å². The molecule has 21 heavy (non-hydrogen) atoms. The van der Waals surface area contributed by atoms with Crippen LogP contribution in [-0.4, -0.2) is 17.8 Å². The number of hydrogen-bond donors (Lipinski definition) is 0. The van der Waals surface area contributed by atoms with Crippen LogP contribution in [0, 0.1) is 5.82 Å². The molecule has 0 atom stereocenters. The molecule has 2 aromatic rings. The number of para-hydroxylation sites is 1. The van der Waals surface area contributed by atoms with E-state index in [9.17, 15) is 4.39 Å². The molecular weight excluding hydrogens is 399 g/mol. The van der Waals surface area contributed by atoms with Crippen molar-refractivity contribution < 1.29 is 9.13 Å². The molecule has 0 aromatic heterocycles. The van der Waals surface area contributed by atoms with Gasteiger partial charge in [-0.05, 0) is 29.7 Å². The quantitative estimate of drug-likeness (QED) is 0.596. The van der Waals surface area contributed by atoms with Crippen LogP contribution in [0.15, 0.2) is 48.5 Å². The van der Waals surface area contributed by atoms with Crippen LogP contribution in [0.3, 0.4) is 0 Å². The molecule has 0 aliphatic heterocycles. The van der Waals surface area contributed by atoms with Gasteiger partial charge in [-0.3, -0.25) is 0 Å². The van der Waals surface area contributed by atoms with Gasteiger partial charge in [0.25, 0.3) is 0 Å². The molecule has 0 aliphatic carbocycles. The maximum Gasteiger partial charge on any atom is 0.127 e. The number of methoxy groups -OCH3 is 1. The third kappa shape index (κ3) is 3.49. The van der Waals surface area contributed by atoms with Crippen LogP contribution in [0.25, 0.3) is 0 Å². The van der Waals surface area contributed by atoms with E-state index in [2.05, 4.69) is 31.9 Å². The molecule has 0 bridgehead atoms. The second kappa shape index (κ2) is 7.41. The summed E-state index contributed by atoms with van der Waals surface area (Å²) in [7, 11) is 1.66. The zero-order valence-electron chi connectivity index (χ0n) is 11.8. The summed E-state index contributed by atoms with van der Waals surface area (Å²) < 4.78 is 19.7. The molecule has 0 saturated carbocycles. The Kier molecular flexibility index (Phi) is 5.82. The lowest BCUT2D eigenvalue weighted by molar-refractivity contribution is 0.402. The summed E-state index contributed by atoms with van der Waals surface area (Å²) in [5.74, 6) is 0.659. The van der Waals surface area contributed by atoms with Gasteiger partial charge in [0.1, 0.15) is 11.6 Å². The second-order valence-corrected chi connectivity index (χ2v) is 6.14. The highest BCUT2D eigenvalue weighted by Gasteiger charge is 2.33. The summed E-state index contributed by atoms with van der Waals surface area (Å²) >= 11 is 7.14. The SMILES string of the molecule is COc1ccccc1CC(CBr)(CBr)c1ccccc1F. The summed E-state index contributed by atoms with van der Waals surface area (Å²) in [6, 6.07) is 14.8. The van der Waals surface area contributed by atoms with Crippen LogP contribution >= 0.6 is 31.9 Å². The molecule has 4 heteroatoms. The van der Waals surface area contributed by atoms with Crippen LogP contribution < -0.4 is 4.74 Å². The second-order valence-electron chi connectivity index (χ2n) is 5.02. The van der Waals surface area contributed by atoms with Crippen LogP contribution in [-0.2, 0) is 11.8 Å². The number of hydrogen-bond acceptors (Lipinski definition) is 1. The molecule has 0 unspecified atom stereocenters. The zero-order valence-corrected chi connectivity index (χ0v) is 15.0. The van der Waals surface area contributed by atoms with Crippen molar-refractivity contribution in [2.75, 3.05) is 17.8 Å². The molecule has 0 radical (unpaired) electrons. The summed E-state index contributed by atoms with van der Waals surface area (Å²) in [4.78, 5) is 0. The van der Waals surface area contributed by atoms with Crippen molar-refractivity contribution in [1.29, 1.82) is 0 Å². The van der Waals surface area contributed by atoms with Crippen molar-refractivity contribution >= 4 is 31.9 Å². The Morgan fingerprint density at radius 1 is 1.00 bits per heavy atom. The minimum atomic E-state index is -0.361. The molecule has 0 saturated heterocycles. The summed E-state index contributed by atoms with van der Waals surface area (Å²) in [6.45, 7) is 0. The van der Waals surface area contributed by atoms with Gasteiger partial charge in [0.05, 0.1) is 7.11 Å². The Morgan fingerprint density at radius 3 is 2.24 bits per heavy atom. The third-order valence-corrected chi connectivity index (χ3v) is 5.82. The number of benzene rings is 2. The molecule has 112 valence electrons. The number of halogens is 3. The van der Waals surface area contributed by atoms with Gasteiger partial charge >= 0.3 is 0 Å². The van der Waals surface area contributed by atoms with Crippen LogP contribution in [0.5, 0.6) is 5.75 Å². The van der Waals surface area contributed by atoms with Crippen molar-refractivity contribution in [2.45, 2.75) is 11.8 Å². The Bertz CT molecular complexity index is 597. The fourth-order valence-corrected chi connectivity index (χ4v) is 4.40. The third-order valence-electron chi connectivity index (χ3n) is 3.68. The lowest BCUT2D eigenvalue weighted by Crippen LogP contribution is -2.34. The molecule has 0 amide bonds. The van der Waals surface area contributed by atoms with Crippen LogP contribution in [0.1, 0.15) is 11.1 Å². The van der Waals surface area contributed by atoms with Crippen molar-refractivity contribution in [2.24, 2.45) is 0 Å². The monoisotopic (exact) mass is 414 g/mol. The molecule has 0 heterocycles. The van der Waals surface area contributed by atoms with E-state index in [-0.39, 0.29) is 11.2 Å². The van der Waals surface area contributed by atoms with E-state index in [4.69, 9.17) is 4.74 Å². The molecule has 0 spiro atoms. The average Bonchev–Trinajstić information content (AvgIpc) is 2.54. The maximum atomic E-state index is 14.3. The minimum Gasteiger partial charge on any atom is -0.496 e. The summed E-state index contributed by atoms with van der Waals surface area (Å²) in [5, 5.41) is 1.31. The standard InChI is InChI=1S/C17H17Br2FO/c1-21-16-9-5-2-6-13(16)10-17(11-18,12-19)14-7-3-4-8-15(14)20/h2-9H,10-12H2,1H3. The Morgan fingerprint density at radius 2 is 1.62 bits per heavy atom. The molecule has 0 aliphatic rings. The summed E-state index contributed by atoms with van der Waals surface area (Å²) in [6.07, 6.45) is 0.689. The fraction of sp³-hybridized carbons (Fsp3) is 0.294. The van der Waals surface area contributed by atoms with E-state index >= 15 is 0 Å². The lowest BCUT2D eigenvalue weighted by atomic mass is 9.78. The summed E-state index contributed by atoms with van der Waals surface area (Å²) in [5.41, 5.74) is 1.42. The van der Waals surface area contributed by atoms with Crippen molar-refractivity contribution in [3.05, 3.63) is 65.5 Å². The van der Waals surface area contributed by atoms with Gasteiger partial charge in [-0.2, -0.15) is 0 Å². The fourth-order valence-electron chi connectivity index (χ4n) is 2.47. The Labute approximate surface area is 141 Å². The highest BCUT2D eigenvalue weighted by atomic mass is 79.9. The van der Waals surface area contributed by atoms with E-state index in [0.29, 0.717) is 22.6 Å². The Hall–Kier alpha value is -0.870.